The maximum Gasteiger partial charge on any atom is 0.320 e. The molecule has 186 valence electrons. The number of rotatable bonds is 9. The zero-order valence-electron chi connectivity index (χ0n) is 19.1. The van der Waals surface area contributed by atoms with E-state index in [-0.39, 0.29) is 24.6 Å². The summed E-state index contributed by atoms with van der Waals surface area (Å²) < 4.78 is 27.6. The van der Waals surface area contributed by atoms with Gasteiger partial charge in [0.25, 0.3) is 0 Å². The van der Waals surface area contributed by atoms with Crippen LogP contribution in [0.5, 0.6) is 0 Å². The van der Waals surface area contributed by atoms with Crippen LogP contribution < -0.4 is 16.0 Å². The fourth-order valence-electron chi connectivity index (χ4n) is 4.62. The van der Waals surface area contributed by atoms with Crippen LogP contribution in [0.4, 0.5) is 13.6 Å². The minimum Gasteiger partial charge on any atom is -0.389 e. The molecule has 2 heterocycles. The highest BCUT2D eigenvalue weighted by Gasteiger charge is 2.44. The number of aliphatic hydroxyl groups excluding tert-OH is 1. The standard InChI is InChI=1S/C23H31F2N5O4/c1-2-29-12-18(30(23(29)34)11-13-3-4-13)21(32)28-17(9-14-7-15(24)10-16(25)8-14)20(31)19-22(33)27-6-5-26-19/h7-8,10,13,17-20,26,31H,2-6,9,11-12H2,1H3,(H,27,33)(H,28,32)/t17-,18?,19-,20-/m0/s1. The number of nitrogens with one attached hydrogen (secondary N) is 3. The lowest BCUT2D eigenvalue weighted by molar-refractivity contribution is -0.131. The number of piperazine rings is 1. The first kappa shape index (κ1) is 24.3. The maximum absolute atomic E-state index is 13.8. The summed E-state index contributed by atoms with van der Waals surface area (Å²) in [6.45, 7) is 3.84. The number of nitrogens with zero attached hydrogens (tertiary/aromatic N) is 2. The van der Waals surface area contributed by atoms with Gasteiger partial charge < -0.3 is 30.9 Å². The minimum atomic E-state index is -1.37. The zero-order valence-corrected chi connectivity index (χ0v) is 19.1. The average molecular weight is 480 g/mol. The first-order valence-corrected chi connectivity index (χ1v) is 11.8. The summed E-state index contributed by atoms with van der Waals surface area (Å²) in [5.41, 5.74) is 0.227. The maximum atomic E-state index is 13.8. The van der Waals surface area contributed by atoms with Crippen LogP contribution >= 0.6 is 0 Å². The molecule has 4 rings (SSSR count). The van der Waals surface area contributed by atoms with Gasteiger partial charge in [-0.3, -0.25) is 9.59 Å². The van der Waals surface area contributed by atoms with Crippen molar-refractivity contribution in [2.24, 2.45) is 5.92 Å². The van der Waals surface area contributed by atoms with Crippen LogP contribution in [-0.2, 0) is 16.0 Å². The summed E-state index contributed by atoms with van der Waals surface area (Å²) in [6.07, 6.45) is 0.554. The molecule has 11 heteroatoms. The second-order valence-corrected chi connectivity index (χ2v) is 9.24. The van der Waals surface area contributed by atoms with Crippen molar-refractivity contribution in [1.29, 1.82) is 0 Å². The van der Waals surface area contributed by atoms with Crippen molar-refractivity contribution in [3.8, 4) is 0 Å². The predicted molar refractivity (Wildman–Crippen MR) is 119 cm³/mol. The quantitative estimate of drug-likeness (QED) is 0.398. The molecular formula is C23H31F2N5O4. The number of amides is 4. The molecule has 1 unspecified atom stereocenters. The number of hydrogen-bond donors (Lipinski definition) is 4. The number of carbonyl (C=O) groups excluding carboxylic acids is 3. The molecule has 1 aliphatic carbocycles. The Labute approximate surface area is 196 Å². The lowest BCUT2D eigenvalue weighted by Crippen LogP contribution is -2.64. The summed E-state index contributed by atoms with van der Waals surface area (Å²) >= 11 is 0. The molecule has 4 atom stereocenters. The molecule has 4 N–H and O–H groups in total. The molecule has 3 fully saturated rings. The number of hydrogen-bond acceptors (Lipinski definition) is 5. The minimum absolute atomic E-state index is 0.103. The van der Waals surface area contributed by atoms with Crippen molar-refractivity contribution >= 4 is 17.8 Å². The van der Waals surface area contributed by atoms with E-state index in [0.29, 0.717) is 32.1 Å². The number of urea groups is 1. The lowest BCUT2D eigenvalue weighted by Gasteiger charge is -2.34. The summed E-state index contributed by atoms with van der Waals surface area (Å²) in [7, 11) is 0. The van der Waals surface area contributed by atoms with Gasteiger partial charge in [-0.2, -0.15) is 0 Å². The van der Waals surface area contributed by atoms with E-state index in [1.54, 1.807) is 9.80 Å². The lowest BCUT2D eigenvalue weighted by atomic mass is 9.94. The van der Waals surface area contributed by atoms with Gasteiger partial charge in [0.05, 0.1) is 18.7 Å². The highest BCUT2D eigenvalue weighted by atomic mass is 19.1. The molecule has 0 bridgehead atoms. The SMILES string of the molecule is CCN1CC(C(=O)N[C@@H](Cc2cc(F)cc(F)c2)[C@H](O)[C@@H]2NCCNC2=O)N(CC2CC2)C1=O. The van der Waals surface area contributed by atoms with Gasteiger partial charge in [0.1, 0.15) is 23.7 Å². The van der Waals surface area contributed by atoms with Crippen LogP contribution in [0.15, 0.2) is 18.2 Å². The molecule has 2 saturated heterocycles. The van der Waals surface area contributed by atoms with Crippen molar-refractivity contribution in [2.75, 3.05) is 32.7 Å². The summed E-state index contributed by atoms with van der Waals surface area (Å²) in [6, 6.07) is 0.0118. The van der Waals surface area contributed by atoms with Crippen molar-refractivity contribution in [3.05, 3.63) is 35.4 Å². The van der Waals surface area contributed by atoms with Crippen molar-refractivity contribution < 1.29 is 28.3 Å². The number of likely N-dealkylation sites (N-methyl/N-ethyl adjacent to an activating group) is 1. The average Bonchev–Trinajstić information content (AvgIpc) is 3.55. The van der Waals surface area contributed by atoms with Gasteiger partial charge in [-0.05, 0) is 49.8 Å². The van der Waals surface area contributed by atoms with E-state index < -0.39 is 47.7 Å². The van der Waals surface area contributed by atoms with E-state index in [9.17, 15) is 28.3 Å². The Morgan fingerprint density at radius 2 is 1.91 bits per heavy atom. The van der Waals surface area contributed by atoms with Gasteiger partial charge >= 0.3 is 6.03 Å². The van der Waals surface area contributed by atoms with E-state index in [1.807, 2.05) is 6.92 Å². The molecule has 2 aliphatic heterocycles. The second-order valence-electron chi connectivity index (χ2n) is 9.24. The Bertz CT molecular complexity index is 924. The smallest absolute Gasteiger partial charge is 0.320 e. The molecule has 1 aromatic carbocycles. The molecular weight excluding hydrogens is 448 g/mol. The molecule has 0 spiro atoms. The summed E-state index contributed by atoms with van der Waals surface area (Å²) in [4.78, 5) is 41.6. The Morgan fingerprint density at radius 3 is 2.53 bits per heavy atom. The predicted octanol–water partition coefficient (Wildman–Crippen LogP) is -0.0229. The monoisotopic (exact) mass is 479 g/mol. The van der Waals surface area contributed by atoms with Gasteiger partial charge in [-0.25, -0.2) is 13.6 Å². The largest absolute Gasteiger partial charge is 0.389 e. The van der Waals surface area contributed by atoms with Crippen LogP contribution in [0.25, 0.3) is 0 Å². The van der Waals surface area contributed by atoms with Gasteiger partial charge in [-0.15, -0.1) is 0 Å². The third-order valence-electron chi connectivity index (χ3n) is 6.65. The second kappa shape index (κ2) is 10.2. The fraction of sp³-hybridized carbons (Fsp3) is 0.609. The van der Waals surface area contributed by atoms with Gasteiger partial charge in [0, 0.05) is 32.2 Å². The van der Waals surface area contributed by atoms with Crippen LogP contribution in [0.3, 0.4) is 0 Å². The van der Waals surface area contributed by atoms with Gasteiger partial charge in [-0.1, -0.05) is 0 Å². The van der Waals surface area contributed by atoms with Gasteiger partial charge in [0.15, 0.2) is 0 Å². The Balaban J connectivity index is 1.55. The molecule has 34 heavy (non-hydrogen) atoms. The van der Waals surface area contributed by atoms with Crippen LogP contribution in [0, 0.1) is 17.6 Å². The molecule has 0 radical (unpaired) electrons. The molecule has 1 aromatic rings. The van der Waals surface area contributed by atoms with Crippen molar-refractivity contribution in [2.45, 2.75) is 50.4 Å². The zero-order chi connectivity index (χ0) is 24.4. The van der Waals surface area contributed by atoms with Crippen LogP contribution in [0.1, 0.15) is 25.3 Å². The molecule has 1 saturated carbocycles. The Morgan fingerprint density at radius 1 is 1.21 bits per heavy atom. The number of carbonyl (C=O) groups is 3. The number of halogens is 2. The normalized spacial score (nSPS) is 24.7. The third-order valence-corrected chi connectivity index (χ3v) is 6.65. The fourth-order valence-corrected chi connectivity index (χ4v) is 4.62. The summed E-state index contributed by atoms with van der Waals surface area (Å²) in [5.74, 6) is -2.07. The first-order chi connectivity index (χ1) is 16.3. The van der Waals surface area contributed by atoms with E-state index in [2.05, 4.69) is 16.0 Å². The van der Waals surface area contributed by atoms with E-state index in [4.69, 9.17) is 0 Å². The van der Waals surface area contributed by atoms with Crippen molar-refractivity contribution in [1.82, 2.24) is 25.8 Å². The third kappa shape index (κ3) is 5.47. The van der Waals surface area contributed by atoms with Gasteiger partial charge in [0.2, 0.25) is 11.8 Å². The molecule has 0 aromatic heterocycles. The summed E-state index contributed by atoms with van der Waals surface area (Å²) in [5, 5.41) is 19.4. The van der Waals surface area contributed by atoms with E-state index in [0.717, 1.165) is 31.0 Å². The molecule has 9 nitrogen and oxygen atoms in total. The Kier molecular flexibility index (Phi) is 7.32. The topological polar surface area (TPSA) is 114 Å². The molecule has 3 aliphatic rings. The first-order valence-electron chi connectivity index (χ1n) is 11.8. The van der Waals surface area contributed by atoms with Crippen LogP contribution in [0.2, 0.25) is 0 Å². The Hall–Kier alpha value is -2.79. The number of aliphatic hydroxyl groups is 1. The van der Waals surface area contributed by atoms with Crippen molar-refractivity contribution in [3.63, 3.8) is 0 Å². The number of benzene rings is 1. The highest BCUT2D eigenvalue weighted by Crippen LogP contribution is 2.32. The van der Waals surface area contributed by atoms with E-state index >= 15 is 0 Å². The highest BCUT2D eigenvalue weighted by molar-refractivity contribution is 5.91. The van der Waals surface area contributed by atoms with Crippen LogP contribution in [-0.4, -0.2) is 89.7 Å². The molecule has 4 amide bonds. The van der Waals surface area contributed by atoms with E-state index in [1.165, 1.54) is 0 Å².